The molecule has 0 atom stereocenters. The lowest BCUT2D eigenvalue weighted by molar-refractivity contribution is 0.353. The molecule has 0 bridgehead atoms. The summed E-state index contributed by atoms with van der Waals surface area (Å²) < 4.78 is 5.19. The van der Waals surface area contributed by atoms with Gasteiger partial charge in [0.2, 0.25) is 0 Å². The molecule has 0 amide bonds. The van der Waals surface area contributed by atoms with E-state index in [1.807, 2.05) is 12.1 Å². The van der Waals surface area contributed by atoms with Gasteiger partial charge in [-0.2, -0.15) is 4.99 Å². The molecular formula is C9H9ClN2O. The highest BCUT2D eigenvalue weighted by Gasteiger charge is 2.06. The second kappa shape index (κ2) is 3.66. The van der Waals surface area contributed by atoms with Crippen LogP contribution in [0.15, 0.2) is 29.3 Å². The minimum absolute atomic E-state index is 0.585. The molecule has 0 saturated carbocycles. The standard InChI is InChI=1S/C9H9ClN2O/c10-7-1-3-8(4-2-7)12-9-11-5-6-13-9/h1-4H,5-6H2,(H,11,12). The van der Waals surface area contributed by atoms with E-state index >= 15 is 0 Å². The average molecular weight is 197 g/mol. The van der Waals surface area contributed by atoms with Crippen LogP contribution in [0.25, 0.3) is 0 Å². The zero-order valence-electron chi connectivity index (χ0n) is 6.96. The Bertz CT molecular complexity index is 313. The Balaban J connectivity index is 2.17. The summed E-state index contributed by atoms with van der Waals surface area (Å²) in [6.45, 7) is 1.51. The number of aliphatic imine (C=N–C) groups is 1. The lowest BCUT2D eigenvalue weighted by Gasteiger charge is -1.97. The molecule has 68 valence electrons. The van der Waals surface area contributed by atoms with E-state index in [1.54, 1.807) is 12.1 Å². The summed E-state index contributed by atoms with van der Waals surface area (Å²) in [6.07, 6.45) is 0. The molecule has 1 heterocycles. The molecule has 3 nitrogen and oxygen atoms in total. The number of halogens is 1. The van der Waals surface area contributed by atoms with Crippen LogP contribution >= 0.6 is 11.6 Å². The fourth-order valence-electron chi connectivity index (χ4n) is 1.06. The lowest BCUT2D eigenvalue weighted by Crippen LogP contribution is -2.14. The molecule has 0 aromatic heterocycles. The van der Waals surface area contributed by atoms with Crippen LogP contribution < -0.4 is 5.32 Å². The first-order valence-electron chi connectivity index (χ1n) is 4.05. The van der Waals surface area contributed by atoms with Gasteiger partial charge in [0.05, 0.1) is 12.2 Å². The van der Waals surface area contributed by atoms with Crippen molar-refractivity contribution in [1.82, 2.24) is 5.32 Å². The Labute approximate surface area is 81.4 Å². The monoisotopic (exact) mass is 196 g/mol. The number of rotatable bonds is 1. The average Bonchev–Trinajstić information content (AvgIpc) is 2.62. The minimum Gasteiger partial charge on any atom is -0.463 e. The van der Waals surface area contributed by atoms with E-state index in [9.17, 15) is 0 Å². The van der Waals surface area contributed by atoms with Crippen LogP contribution in [0, 0.1) is 0 Å². The smallest absolute Gasteiger partial charge is 0.290 e. The van der Waals surface area contributed by atoms with Crippen molar-refractivity contribution in [2.24, 2.45) is 4.99 Å². The molecule has 1 aromatic rings. The minimum atomic E-state index is 0.585. The fourth-order valence-corrected chi connectivity index (χ4v) is 1.19. The maximum Gasteiger partial charge on any atom is 0.290 e. The van der Waals surface area contributed by atoms with Crippen LogP contribution in [0.4, 0.5) is 5.69 Å². The number of nitrogens with one attached hydrogen (secondary N) is 1. The molecule has 0 unspecified atom stereocenters. The largest absolute Gasteiger partial charge is 0.463 e. The van der Waals surface area contributed by atoms with Crippen molar-refractivity contribution in [3.63, 3.8) is 0 Å². The van der Waals surface area contributed by atoms with Gasteiger partial charge < -0.3 is 10.1 Å². The fraction of sp³-hybridized carbons (Fsp3) is 0.222. The van der Waals surface area contributed by atoms with Crippen molar-refractivity contribution in [3.8, 4) is 0 Å². The lowest BCUT2D eigenvalue weighted by atomic mass is 10.3. The van der Waals surface area contributed by atoms with Crippen LogP contribution in [0.1, 0.15) is 0 Å². The van der Waals surface area contributed by atoms with Crippen molar-refractivity contribution in [2.45, 2.75) is 0 Å². The number of hydrogen-bond acceptors (Lipinski definition) is 2. The van der Waals surface area contributed by atoms with Crippen molar-refractivity contribution >= 4 is 23.3 Å². The highest BCUT2D eigenvalue weighted by molar-refractivity contribution is 6.30. The van der Waals surface area contributed by atoms with Gasteiger partial charge in [-0.1, -0.05) is 11.6 Å². The summed E-state index contributed by atoms with van der Waals surface area (Å²) in [4.78, 5) is 4.22. The first-order chi connectivity index (χ1) is 6.34. The van der Waals surface area contributed by atoms with Gasteiger partial charge in [0.25, 0.3) is 6.02 Å². The molecule has 4 heteroatoms. The van der Waals surface area contributed by atoms with Gasteiger partial charge in [-0.25, -0.2) is 0 Å². The molecule has 1 aliphatic heterocycles. The van der Waals surface area contributed by atoms with E-state index in [0.717, 1.165) is 12.2 Å². The maximum atomic E-state index is 5.73. The molecule has 2 rings (SSSR count). The second-order valence-corrected chi connectivity index (χ2v) is 3.11. The Morgan fingerprint density at radius 2 is 2.08 bits per heavy atom. The summed E-state index contributed by atoms with van der Waals surface area (Å²) in [5, 5.41) is 3.73. The molecule has 1 saturated heterocycles. The zero-order chi connectivity index (χ0) is 9.10. The van der Waals surface area contributed by atoms with E-state index in [-0.39, 0.29) is 0 Å². The van der Waals surface area contributed by atoms with Crippen molar-refractivity contribution in [3.05, 3.63) is 29.3 Å². The van der Waals surface area contributed by atoms with Gasteiger partial charge in [-0.05, 0) is 24.3 Å². The van der Waals surface area contributed by atoms with Crippen LogP contribution in [-0.2, 0) is 4.74 Å². The Morgan fingerprint density at radius 1 is 1.31 bits per heavy atom. The number of ether oxygens (including phenoxy) is 1. The van der Waals surface area contributed by atoms with Crippen molar-refractivity contribution < 1.29 is 4.74 Å². The Hall–Kier alpha value is -1.22. The van der Waals surface area contributed by atoms with E-state index < -0.39 is 0 Å². The highest BCUT2D eigenvalue weighted by atomic mass is 35.5. The third kappa shape index (κ3) is 2.12. The SMILES string of the molecule is Clc1ccc(N=C2NCCO2)cc1. The van der Waals surface area contributed by atoms with Crippen LogP contribution in [0.3, 0.4) is 0 Å². The van der Waals surface area contributed by atoms with Crippen molar-refractivity contribution in [2.75, 3.05) is 13.2 Å². The van der Waals surface area contributed by atoms with Gasteiger partial charge in [-0.3, -0.25) is 0 Å². The second-order valence-electron chi connectivity index (χ2n) is 2.67. The van der Waals surface area contributed by atoms with Gasteiger partial charge in [0.15, 0.2) is 0 Å². The summed E-state index contributed by atoms with van der Waals surface area (Å²) in [5.41, 5.74) is 0.841. The quantitative estimate of drug-likeness (QED) is 0.745. The topological polar surface area (TPSA) is 33.6 Å². The number of amidine groups is 1. The van der Waals surface area contributed by atoms with E-state index in [4.69, 9.17) is 16.3 Å². The first-order valence-corrected chi connectivity index (χ1v) is 4.43. The normalized spacial score (nSPS) is 18.4. The first kappa shape index (κ1) is 8.38. The maximum absolute atomic E-state index is 5.73. The van der Waals surface area contributed by atoms with Crippen LogP contribution in [0.2, 0.25) is 5.02 Å². The summed E-state index contributed by atoms with van der Waals surface area (Å²) in [5.74, 6) is 0. The third-order valence-corrected chi connectivity index (χ3v) is 1.93. The van der Waals surface area contributed by atoms with Crippen LogP contribution in [-0.4, -0.2) is 19.2 Å². The Kier molecular flexibility index (Phi) is 2.36. The van der Waals surface area contributed by atoms with Gasteiger partial charge >= 0.3 is 0 Å². The summed E-state index contributed by atoms with van der Waals surface area (Å²) in [6, 6.07) is 7.88. The summed E-state index contributed by atoms with van der Waals surface area (Å²) in [7, 11) is 0. The molecule has 13 heavy (non-hydrogen) atoms. The van der Waals surface area contributed by atoms with Gasteiger partial charge in [0, 0.05) is 5.02 Å². The molecule has 0 aliphatic carbocycles. The van der Waals surface area contributed by atoms with Gasteiger partial charge in [0.1, 0.15) is 6.61 Å². The van der Waals surface area contributed by atoms with Gasteiger partial charge in [-0.15, -0.1) is 0 Å². The predicted molar refractivity (Wildman–Crippen MR) is 52.5 cm³/mol. The molecule has 1 N–H and O–H groups in total. The van der Waals surface area contributed by atoms with E-state index in [0.29, 0.717) is 17.7 Å². The van der Waals surface area contributed by atoms with Crippen LogP contribution in [0.5, 0.6) is 0 Å². The van der Waals surface area contributed by atoms with E-state index in [2.05, 4.69) is 10.3 Å². The molecule has 0 spiro atoms. The van der Waals surface area contributed by atoms with E-state index in [1.165, 1.54) is 0 Å². The summed E-state index contributed by atoms with van der Waals surface area (Å²) >= 11 is 5.73. The van der Waals surface area contributed by atoms with Crippen molar-refractivity contribution in [1.29, 1.82) is 0 Å². The number of nitrogens with zero attached hydrogens (tertiary/aromatic N) is 1. The third-order valence-electron chi connectivity index (χ3n) is 1.67. The molecule has 1 fully saturated rings. The number of benzene rings is 1. The predicted octanol–water partition coefficient (Wildman–Crippen LogP) is 1.95. The molecule has 0 radical (unpaired) electrons. The Morgan fingerprint density at radius 3 is 2.69 bits per heavy atom. The molecule has 1 aromatic carbocycles. The zero-order valence-corrected chi connectivity index (χ0v) is 7.71. The molecular weight excluding hydrogens is 188 g/mol. The molecule has 1 aliphatic rings. The number of hydrogen-bond donors (Lipinski definition) is 1. The highest BCUT2D eigenvalue weighted by Crippen LogP contribution is 2.16.